The molecular weight excluding hydrogens is 499 g/mol. The molecule has 4 heteroatoms. The van der Waals surface area contributed by atoms with Crippen molar-refractivity contribution < 1.29 is 9.16 Å². The zero-order valence-electron chi connectivity index (χ0n) is 23.2. The number of hydrogen-bond donors (Lipinski definition) is 0. The molecule has 0 aliphatic carbocycles. The molecule has 0 fully saturated rings. The van der Waals surface area contributed by atoms with E-state index < -0.39 is 8.32 Å². The second kappa shape index (κ2) is 12.9. The van der Waals surface area contributed by atoms with Gasteiger partial charge in [-0.05, 0) is 56.3 Å². The third-order valence-electron chi connectivity index (χ3n) is 7.26. The lowest BCUT2D eigenvalue weighted by Gasteiger charge is -2.43. The van der Waals surface area contributed by atoms with Crippen molar-refractivity contribution in [2.75, 3.05) is 13.2 Å². The third-order valence-corrected chi connectivity index (χ3v) is 12.8. The van der Waals surface area contributed by atoms with E-state index in [1.165, 1.54) is 32.6 Å². The zero-order chi connectivity index (χ0) is 27.0. The van der Waals surface area contributed by atoms with E-state index in [0.717, 1.165) is 24.8 Å². The normalized spacial score (nSPS) is 11.9. The summed E-state index contributed by atoms with van der Waals surface area (Å²) in [5, 5.41) is 2.53. The van der Waals surface area contributed by atoms with E-state index >= 15 is 0 Å². The van der Waals surface area contributed by atoms with Crippen LogP contribution in [0.2, 0.25) is 5.04 Å². The Labute approximate surface area is 232 Å². The summed E-state index contributed by atoms with van der Waals surface area (Å²) >= 11 is 0. The quantitative estimate of drug-likeness (QED) is 0.114. The number of aryl methyl sites for hydroxylation is 1. The van der Waals surface area contributed by atoms with Crippen LogP contribution in [0.3, 0.4) is 0 Å². The molecule has 0 saturated carbocycles. The molecule has 198 valence electrons. The number of benzene rings is 4. The van der Waals surface area contributed by atoms with Crippen LogP contribution in [0.4, 0.5) is 0 Å². The molecule has 0 aromatic heterocycles. The Hall–Kier alpha value is -2.71. The van der Waals surface area contributed by atoms with E-state index in [4.69, 9.17) is 9.16 Å². The van der Waals surface area contributed by atoms with Crippen LogP contribution in [-0.4, -0.2) is 21.5 Å². The Kier molecular flexibility index (Phi) is 9.60. The van der Waals surface area contributed by atoms with Crippen molar-refractivity contribution in [3.8, 4) is 5.75 Å². The first kappa shape index (κ1) is 28.3. The van der Waals surface area contributed by atoms with E-state index in [1.807, 2.05) is 0 Å². The largest absolute Gasteiger partial charge is 0.491 e. The molecule has 0 heterocycles. The first-order chi connectivity index (χ1) is 18.4. The fourth-order valence-electron chi connectivity index (χ4n) is 5.26. The maximum absolute atomic E-state index is 7.03. The van der Waals surface area contributed by atoms with Gasteiger partial charge in [0.25, 0.3) is 8.32 Å². The maximum atomic E-state index is 7.03. The highest BCUT2D eigenvalue weighted by atomic mass is 31.0. The number of rotatable bonds is 11. The molecular formula is C34H41O2PSi. The lowest BCUT2D eigenvalue weighted by Crippen LogP contribution is -2.66. The molecule has 0 saturated heterocycles. The van der Waals surface area contributed by atoms with Gasteiger partial charge in [0.2, 0.25) is 0 Å². The van der Waals surface area contributed by atoms with Crippen LogP contribution in [0.1, 0.15) is 49.9 Å². The molecule has 4 rings (SSSR count). The third kappa shape index (κ3) is 6.46. The van der Waals surface area contributed by atoms with Gasteiger partial charge in [0.1, 0.15) is 12.4 Å². The van der Waals surface area contributed by atoms with Gasteiger partial charge in [0, 0.05) is 6.42 Å². The van der Waals surface area contributed by atoms with Gasteiger partial charge in [0.15, 0.2) is 0 Å². The van der Waals surface area contributed by atoms with Gasteiger partial charge in [-0.25, -0.2) is 0 Å². The molecule has 0 bridgehead atoms. The Bertz CT molecular complexity index is 1240. The minimum atomic E-state index is -2.57. The molecule has 2 nitrogen and oxygen atoms in total. The van der Waals surface area contributed by atoms with Crippen LogP contribution in [-0.2, 0) is 23.4 Å². The summed E-state index contributed by atoms with van der Waals surface area (Å²) in [7, 11) is 0.260. The molecule has 0 aliphatic rings. The van der Waals surface area contributed by atoms with Gasteiger partial charge in [-0.2, -0.15) is 0 Å². The Morgan fingerprint density at radius 3 is 1.76 bits per heavy atom. The first-order valence-electron chi connectivity index (χ1n) is 13.6. The Morgan fingerprint density at radius 1 is 0.684 bits per heavy atom. The van der Waals surface area contributed by atoms with E-state index in [0.29, 0.717) is 13.2 Å². The predicted molar refractivity (Wildman–Crippen MR) is 168 cm³/mol. The molecule has 0 spiro atoms. The lowest BCUT2D eigenvalue weighted by atomic mass is 10.0. The van der Waals surface area contributed by atoms with Crippen LogP contribution < -0.4 is 15.1 Å². The van der Waals surface area contributed by atoms with E-state index in [1.54, 1.807) is 0 Å². The SMILES string of the molecule is CCc1ccc(Cc2cc(CP)ccc2OCCO[Si](c2ccccc2)(c2ccccc2)C(C)(C)C)cc1. The highest BCUT2D eigenvalue weighted by Crippen LogP contribution is 2.36. The summed E-state index contributed by atoms with van der Waals surface area (Å²) in [6, 6.07) is 37.1. The summed E-state index contributed by atoms with van der Waals surface area (Å²) in [5.41, 5.74) is 5.19. The van der Waals surface area contributed by atoms with Crippen molar-refractivity contribution in [2.24, 2.45) is 0 Å². The minimum absolute atomic E-state index is 0.0496. The van der Waals surface area contributed by atoms with Gasteiger partial charge in [-0.3, -0.25) is 0 Å². The zero-order valence-corrected chi connectivity index (χ0v) is 25.4. The Morgan fingerprint density at radius 2 is 1.24 bits per heavy atom. The van der Waals surface area contributed by atoms with Crippen LogP contribution in [0.25, 0.3) is 0 Å². The van der Waals surface area contributed by atoms with Crippen LogP contribution in [0.15, 0.2) is 103 Å². The van der Waals surface area contributed by atoms with Crippen LogP contribution in [0.5, 0.6) is 5.75 Å². The first-order valence-corrected chi connectivity index (χ1v) is 16.4. The van der Waals surface area contributed by atoms with Gasteiger partial charge in [0.05, 0.1) is 6.61 Å². The molecule has 4 aromatic rings. The van der Waals surface area contributed by atoms with Gasteiger partial charge < -0.3 is 9.16 Å². The van der Waals surface area contributed by atoms with Gasteiger partial charge in [-0.1, -0.05) is 125 Å². The van der Waals surface area contributed by atoms with Crippen molar-refractivity contribution in [1.82, 2.24) is 0 Å². The minimum Gasteiger partial charge on any atom is -0.491 e. The topological polar surface area (TPSA) is 18.5 Å². The summed E-state index contributed by atoms with van der Waals surface area (Å²) in [5.74, 6) is 0.942. The Balaban J connectivity index is 1.55. The average molecular weight is 541 g/mol. The summed E-state index contributed by atoms with van der Waals surface area (Å²) < 4.78 is 13.5. The molecule has 0 amide bonds. The molecule has 0 radical (unpaired) electrons. The standard InChI is InChI=1S/C34H41O2PSi/c1-5-27-16-18-28(19-17-27)24-30-25-29(26-37)20-21-33(30)35-22-23-36-38(34(2,3)4,31-12-8-6-9-13-31)32-14-10-7-11-15-32/h6-21,25H,5,22-24,26,37H2,1-4H3. The van der Waals surface area contributed by atoms with Gasteiger partial charge in [-0.15, -0.1) is 9.24 Å². The van der Waals surface area contributed by atoms with Crippen molar-refractivity contribution in [2.45, 2.75) is 51.7 Å². The van der Waals surface area contributed by atoms with Crippen LogP contribution in [0, 0.1) is 0 Å². The van der Waals surface area contributed by atoms with Crippen molar-refractivity contribution in [3.05, 3.63) is 125 Å². The van der Waals surface area contributed by atoms with E-state index in [9.17, 15) is 0 Å². The van der Waals surface area contributed by atoms with E-state index in [2.05, 4.69) is 140 Å². The molecule has 1 unspecified atom stereocenters. The molecule has 38 heavy (non-hydrogen) atoms. The average Bonchev–Trinajstić information content (AvgIpc) is 2.94. The summed E-state index contributed by atoms with van der Waals surface area (Å²) in [4.78, 5) is 0. The molecule has 0 aliphatic heterocycles. The molecule has 1 atom stereocenters. The maximum Gasteiger partial charge on any atom is 0.261 e. The lowest BCUT2D eigenvalue weighted by molar-refractivity contribution is 0.207. The highest BCUT2D eigenvalue weighted by Gasteiger charge is 2.50. The molecule has 4 aromatic carbocycles. The second-order valence-corrected chi connectivity index (χ2v) is 15.6. The summed E-state index contributed by atoms with van der Waals surface area (Å²) in [6.45, 7) is 10.2. The molecule has 0 N–H and O–H groups in total. The summed E-state index contributed by atoms with van der Waals surface area (Å²) in [6.07, 6.45) is 2.84. The van der Waals surface area contributed by atoms with Crippen LogP contribution >= 0.6 is 9.24 Å². The second-order valence-electron chi connectivity index (χ2n) is 10.9. The van der Waals surface area contributed by atoms with Gasteiger partial charge >= 0.3 is 0 Å². The fourth-order valence-corrected chi connectivity index (χ4v) is 10.1. The number of ether oxygens (including phenoxy) is 1. The smallest absolute Gasteiger partial charge is 0.261 e. The fraction of sp³-hybridized carbons (Fsp3) is 0.294. The van der Waals surface area contributed by atoms with Crippen molar-refractivity contribution >= 4 is 27.9 Å². The highest BCUT2D eigenvalue weighted by molar-refractivity contribution is 7.15. The van der Waals surface area contributed by atoms with Crippen molar-refractivity contribution in [3.63, 3.8) is 0 Å². The monoisotopic (exact) mass is 540 g/mol. The van der Waals surface area contributed by atoms with Crippen molar-refractivity contribution in [1.29, 1.82) is 0 Å². The van der Waals surface area contributed by atoms with E-state index in [-0.39, 0.29) is 5.04 Å². The number of hydrogen-bond acceptors (Lipinski definition) is 2. The predicted octanol–water partition coefficient (Wildman–Crippen LogP) is 7.17.